The Labute approximate surface area is 57.7 Å². The van der Waals surface area contributed by atoms with E-state index in [0.717, 1.165) is 19.3 Å². The van der Waals surface area contributed by atoms with E-state index in [2.05, 4.69) is 13.0 Å². The van der Waals surface area contributed by atoms with Gasteiger partial charge in [0.05, 0.1) is 11.5 Å². The van der Waals surface area contributed by atoms with E-state index in [4.69, 9.17) is 5.26 Å². The summed E-state index contributed by atoms with van der Waals surface area (Å²) >= 11 is 0. The summed E-state index contributed by atoms with van der Waals surface area (Å²) in [6.45, 7) is 7.64. The van der Waals surface area contributed by atoms with E-state index < -0.39 is 0 Å². The van der Waals surface area contributed by atoms with Crippen LogP contribution in [0.25, 0.3) is 0 Å². The molecule has 0 aliphatic heterocycles. The smallest absolute Gasteiger partial charge is 0.0683 e. The lowest BCUT2D eigenvalue weighted by atomic mass is 9.89. The Morgan fingerprint density at radius 3 is 2.44 bits per heavy atom. The molecule has 1 radical (unpaired) electrons. The molecule has 0 fully saturated rings. The molecule has 0 amide bonds. The molecule has 0 aromatic heterocycles. The van der Waals surface area contributed by atoms with Crippen molar-refractivity contribution in [3.8, 4) is 6.07 Å². The minimum Gasteiger partial charge on any atom is -0.198 e. The Kier molecular flexibility index (Phi) is 3.30. The maximum absolute atomic E-state index is 8.55. The minimum atomic E-state index is -0.141. The van der Waals surface area contributed by atoms with E-state index in [1.807, 2.05) is 13.8 Å². The molecule has 0 atom stereocenters. The third-order valence-electron chi connectivity index (χ3n) is 1.35. The molecule has 1 nitrogen and oxygen atoms in total. The van der Waals surface area contributed by atoms with Crippen LogP contribution in [0.1, 0.15) is 33.1 Å². The lowest BCUT2D eigenvalue weighted by molar-refractivity contribution is 0.436. The number of nitrogens with zero attached hydrogens (tertiary/aromatic N) is 1. The molecule has 0 rings (SSSR count). The van der Waals surface area contributed by atoms with Crippen molar-refractivity contribution in [1.82, 2.24) is 0 Å². The number of nitriles is 1. The standard InChI is InChI=1S/C8H14N/c1-4-5-6-8(2,3)7-9/h1,4-6H2,2-3H3. The Balaban J connectivity index is 3.49. The van der Waals surface area contributed by atoms with Crippen LogP contribution >= 0.6 is 0 Å². The first-order valence-corrected chi connectivity index (χ1v) is 3.33. The largest absolute Gasteiger partial charge is 0.198 e. The van der Waals surface area contributed by atoms with Gasteiger partial charge >= 0.3 is 0 Å². The lowest BCUT2D eigenvalue weighted by Crippen LogP contribution is -2.06. The lowest BCUT2D eigenvalue weighted by Gasteiger charge is -2.12. The van der Waals surface area contributed by atoms with Crippen molar-refractivity contribution in [1.29, 1.82) is 5.26 Å². The van der Waals surface area contributed by atoms with Crippen molar-refractivity contribution in [3.63, 3.8) is 0 Å². The highest BCUT2D eigenvalue weighted by Gasteiger charge is 2.14. The maximum Gasteiger partial charge on any atom is 0.0683 e. The van der Waals surface area contributed by atoms with Crippen molar-refractivity contribution in [2.75, 3.05) is 0 Å². The molecule has 0 aromatic rings. The summed E-state index contributed by atoms with van der Waals surface area (Å²) in [5.74, 6) is 0. The summed E-state index contributed by atoms with van der Waals surface area (Å²) in [5.41, 5.74) is -0.141. The molecule has 1 heteroatoms. The van der Waals surface area contributed by atoms with Crippen molar-refractivity contribution in [2.24, 2.45) is 5.41 Å². The third kappa shape index (κ3) is 4.02. The van der Waals surface area contributed by atoms with Gasteiger partial charge in [-0.15, -0.1) is 0 Å². The predicted molar refractivity (Wildman–Crippen MR) is 38.6 cm³/mol. The first kappa shape index (κ1) is 8.49. The average molecular weight is 124 g/mol. The van der Waals surface area contributed by atoms with Gasteiger partial charge in [-0.3, -0.25) is 0 Å². The number of hydrogen-bond donors (Lipinski definition) is 0. The van der Waals surface area contributed by atoms with Crippen LogP contribution in [0.4, 0.5) is 0 Å². The van der Waals surface area contributed by atoms with Gasteiger partial charge in [0, 0.05) is 0 Å². The molecule has 0 heterocycles. The van der Waals surface area contributed by atoms with Crippen molar-refractivity contribution >= 4 is 0 Å². The summed E-state index contributed by atoms with van der Waals surface area (Å²) in [6.07, 6.45) is 2.96. The molecule has 0 bridgehead atoms. The van der Waals surface area contributed by atoms with Crippen LogP contribution in [0.2, 0.25) is 0 Å². The van der Waals surface area contributed by atoms with E-state index in [1.165, 1.54) is 0 Å². The Morgan fingerprint density at radius 1 is 1.56 bits per heavy atom. The summed E-state index contributed by atoms with van der Waals surface area (Å²) in [6, 6.07) is 2.25. The van der Waals surface area contributed by atoms with Gasteiger partial charge in [0.1, 0.15) is 0 Å². The quantitative estimate of drug-likeness (QED) is 0.567. The minimum absolute atomic E-state index is 0.141. The zero-order chi connectivity index (χ0) is 7.33. The Hall–Kier alpha value is -0.510. The average Bonchev–Trinajstić information content (AvgIpc) is 1.84. The van der Waals surface area contributed by atoms with Crippen LogP contribution in [0.5, 0.6) is 0 Å². The SMILES string of the molecule is [CH2]CCCC(C)(C)C#N. The highest BCUT2D eigenvalue weighted by molar-refractivity contribution is 4.91. The van der Waals surface area contributed by atoms with Crippen LogP contribution in [0.15, 0.2) is 0 Å². The van der Waals surface area contributed by atoms with E-state index >= 15 is 0 Å². The van der Waals surface area contributed by atoms with Gasteiger partial charge in [0.15, 0.2) is 0 Å². The van der Waals surface area contributed by atoms with Crippen LogP contribution in [0, 0.1) is 23.7 Å². The predicted octanol–water partition coefficient (Wildman–Crippen LogP) is 2.54. The molecule has 0 unspecified atom stereocenters. The van der Waals surface area contributed by atoms with Crippen molar-refractivity contribution < 1.29 is 0 Å². The number of rotatable bonds is 3. The molecule has 0 aromatic carbocycles. The van der Waals surface area contributed by atoms with Gasteiger partial charge in [-0.1, -0.05) is 19.8 Å². The second-order valence-electron chi connectivity index (χ2n) is 2.95. The van der Waals surface area contributed by atoms with Gasteiger partial charge in [0.2, 0.25) is 0 Å². The van der Waals surface area contributed by atoms with Crippen LogP contribution in [-0.4, -0.2) is 0 Å². The molecule has 0 saturated carbocycles. The first-order chi connectivity index (χ1) is 4.12. The summed E-state index contributed by atoms with van der Waals surface area (Å²) in [4.78, 5) is 0. The molecule has 9 heavy (non-hydrogen) atoms. The second-order valence-corrected chi connectivity index (χ2v) is 2.95. The molecule has 0 saturated heterocycles. The molecule has 0 spiro atoms. The zero-order valence-electron chi connectivity index (χ0n) is 6.28. The second kappa shape index (κ2) is 3.50. The van der Waals surface area contributed by atoms with Gasteiger partial charge in [0.25, 0.3) is 0 Å². The van der Waals surface area contributed by atoms with Gasteiger partial charge in [-0.25, -0.2) is 0 Å². The molecule has 0 aliphatic carbocycles. The normalized spacial score (nSPS) is 10.9. The van der Waals surface area contributed by atoms with E-state index in [1.54, 1.807) is 0 Å². The fraction of sp³-hybridized carbons (Fsp3) is 0.750. The van der Waals surface area contributed by atoms with Crippen LogP contribution in [0.3, 0.4) is 0 Å². The van der Waals surface area contributed by atoms with Gasteiger partial charge in [-0.2, -0.15) is 5.26 Å². The molecular weight excluding hydrogens is 110 g/mol. The van der Waals surface area contributed by atoms with Crippen LogP contribution in [-0.2, 0) is 0 Å². The fourth-order valence-electron chi connectivity index (χ4n) is 0.623. The first-order valence-electron chi connectivity index (χ1n) is 3.33. The molecule has 0 N–H and O–H groups in total. The monoisotopic (exact) mass is 124 g/mol. The Bertz CT molecular complexity index is 108. The maximum atomic E-state index is 8.55. The summed E-state index contributed by atoms with van der Waals surface area (Å²) in [7, 11) is 0. The van der Waals surface area contributed by atoms with Gasteiger partial charge < -0.3 is 0 Å². The molecule has 51 valence electrons. The van der Waals surface area contributed by atoms with Crippen molar-refractivity contribution in [3.05, 3.63) is 6.92 Å². The molecule has 0 aliphatic rings. The van der Waals surface area contributed by atoms with E-state index in [9.17, 15) is 0 Å². The van der Waals surface area contributed by atoms with E-state index in [-0.39, 0.29) is 5.41 Å². The topological polar surface area (TPSA) is 23.8 Å². The number of hydrogen-bond acceptors (Lipinski definition) is 1. The third-order valence-corrected chi connectivity index (χ3v) is 1.35. The van der Waals surface area contributed by atoms with Gasteiger partial charge in [-0.05, 0) is 20.3 Å². The molecular formula is C8H14N. The summed E-state index contributed by atoms with van der Waals surface area (Å²) < 4.78 is 0. The number of unbranched alkanes of at least 4 members (excludes halogenated alkanes) is 1. The van der Waals surface area contributed by atoms with E-state index in [0.29, 0.717) is 0 Å². The highest BCUT2D eigenvalue weighted by Crippen LogP contribution is 2.20. The van der Waals surface area contributed by atoms with Crippen LogP contribution < -0.4 is 0 Å². The highest BCUT2D eigenvalue weighted by atomic mass is 14.3. The fourth-order valence-corrected chi connectivity index (χ4v) is 0.623. The Morgan fingerprint density at radius 2 is 2.11 bits per heavy atom. The summed E-state index contributed by atoms with van der Waals surface area (Å²) in [5, 5.41) is 8.55. The zero-order valence-corrected chi connectivity index (χ0v) is 6.28. The van der Waals surface area contributed by atoms with Crippen molar-refractivity contribution in [2.45, 2.75) is 33.1 Å².